The van der Waals surface area contributed by atoms with Crippen LogP contribution in [0.15, 0.2) is 24.3 Å². The maximum absolute atomic E-state index is 11.1. The van der Waals surface area contributed by atoms with Gasteiger partial charge in [-0.1, -0.05) is 19.1 Å². The van der Waals surface area contributed by atoms with Gasteiger partial charge in [0, 0.05) is 0 Å². The Morgan fingerprint density at radius 3 is 2.64 bits per heavy atom. The molecule has 2 N–H and O–H groups in total. The van der Waals surface area contributed by atoms with Crippen LogP contribution in [-0.2, 0) is 10.2 Å². The molecule has 0 spiro atoms. The number of aromatic hydroxyl groups is 1. The van der Waals surface area contributed by atoms with Gasteiger partial charge in [0.05, 0.1) is 5.41 Å². The lowest BCUT2D eigenvalue weighted by atomic mass is 9.93. The summed E-state index contributed by atoms with van der Waals surface area (Å²) in [6.07, 6.45) is 0.659. The van der Waals surface area contributed by atoms with Crippen LogP contribution in [0.2, 0.25) is 0 Å². The SMILES string of the molecule is CC1CC1(C(=O)O)c1cccc(O)c1. The lowest BCUT2D eigenvalue weighted by Crippen LogP contribution is -2.21. The Morgan fingerprint density at radius 1 is 1.57 bits per heavy atom. The van der Waals surface area contributed by atoms with E-state index in [1.54, 1.807) is 18.2 Å². The minimum Gasteiger partial charge on any atom is -0.508 e. The standard InChI is InChI=1S/C11H12O3/c1-7-6-11(7,10(13)14)8-3-2-4-9(12)5-8/h2-5,7,12H,6H2,1H3,(H,13,14). The molecule has 0 radical (unpaired) electrons. The van der Waals surface area contributed by atoms with Crippen molar-refractivity contribution in [2.75, 3.05) is 0 Å². The molecule has 0 heterocycles. The van der Waals surface area contributed by atoms with Crippen LogP contribution in [0.3, 0.4) is 0 Å². The summed E-state index contributed by atoms with van der Waals surface area (Å²) in [6.45, 7) is 1.91. The topological polar surface area (TPSA) is 57.5 Å². The summed E-state index contributed by atoms with van der Waals surface area (Å²) in [6, 6.07) is 6.53. The maximum Gasteiger partial charge on any atom is 0.314 e. The van der Waals surface area contributed by atoms with Crippen molar-refractivity contribution in [3.05, 3.63) is 29.8 Å². The number of carbonyl (C=O) groups is 1. The van der Waals surface area contributed by atoms with E-state index in [2.05, 4.69) is 0 Å². The van der Waals surface area contributed by atoms with Crippen LogP contribution in [0, 0.1) is 5.92 Å². The first-order valence-electron chi connectivity index (χ1n) is 4.60. The van der Waals surface area contributed by atoms with Crippen molar-refractivity contribution < 1.29 is 15.0 Å². The second kappa shape index (κ2) is 2.74. The molecule has 1 fully saturated rings. The molecule has 1 aliphatic rings. The molecule has 2 rings (SSSR count). The summed E-state index contributed by atoms with van der Waals surface area (Å²) in [7, 11) is 0. The fourth-order valence-electron chi connectivity index (χ4n) is 2.03. The van der Waals surface area contributed by atoms with Gasteiger partial charge in [-0.05, 0) is 30.0 Å². The van der Waals surface area contributed by atoms with Gasteiger partial charge in [0.1, 0.15) is 5.75 Å². The predicted octanol–water partition coefficient (Wildman–Crippen LogP) is 1.75. The molecule has 0 aliphatic heterocycles. The lowest BCUT2D eigenvalue weighted by molar-refractivity contribution is -0.140. The molecule has 0 aromatic heterocycles. The zero-order valence-corrected chi connectivity index (χ0v) is 7.90. The third-order valence-electron chi connectivity index (χ3n) is 3.05. The van der Waals surface area contributed by atoms with E-state index < -0.39 is 11.4 Å². The molecule has 1 aromatic carbocycles. The summed E-state index contributed by atoms with van der Waals surface area (Å²) < 4.78 is 0. The smallest absolute Gasteiger partial charge is 0.314 e. The number of rotatable bonds is 2. The van der Waals surface area contributed by atoms with Gasteiger partial charge in [-0.3, -0.25) is 4.79 Å². The highest BCUT2D eigenvalue weighted by molar-refractivity contribution is 5.85. The molecular formula is C11H12O3. The van der Waals surface area contributed by atoms with Crippen LogP contribution >= 0.6 is 0 Å². The van der Waals surface area contributed by atoms with E-state index in [1.807, 2.05) is 6.92 Å². The number of benzene rings is 1. The van der Waals surface area contributed by atoms with Gasteiger partial charge >= 0.3 is 5.97 Å². The zero-order valence-electron chi connectivity index (χ0n) is 7.90. The monoisotopic (exact) mass is 192 g/mol. The second-order valence-corrected chi connectivity index (χ2v) is 3.93. The van der Waals surface area contributed by atoms with Crippen molar-refractivity contribution in [1.82, 2.24) is 0 Å². The Bertz CT molecular complexity index is 386. The summed E-state index contributed by atoms with van der Waals surface area (Å²) in [5, 5.41) is 18.4. The quantitative estimate of drug-likeness (QED) is 0.750. The molecule has 3 heteroatoms. The van der Waals surface area contributed by atoms with Crippen LogP contribution in [0.25, 0.3) is 0 Å². The number of aliphatic carboxylic acids is 1. The first-order valence-corrected chi connectivity index (χ1v) is 4.60. The predicted molar refractivity (Wildman–Crippen MR) is 51.2 cm³/mol. The Labute approximate surface area is 82.0 Å². The van der Waals surface area contributed by atoms with Crippen molar-refractivity contribution in [3.63, 3.8) is 0 Å². The molecule has 74 valence electrons. The largest absolute Gasteiger partial charge is 0.508 e. The lowest BCUT2D eigenvalue weighted by Gasteiger charge is -2.11. The Hall–Kier alpha value is -1.51. The van der Waals surface area contributed by atoms with Gasteiger partial charge in [0.25, 0.3) is 0 Å². The highest BCUT2D eigenvalue weighted by Crippen LogP contribution is 2.54. The number of phenolic OH excluding ortho intramolecular Hbond substituents is 1. The summed E-state index contributed by atoms with van der Waals surface area (Å²) in [4.78, 5) is 11.1. The fraction of sp³-hybridized carbons (Fsp3) is 0.364. The second-order valence-electron chi connectivity index (χ2n) is 3.93. The molecule has 0 bridgehead atoms. The minimum atomic E-state index is -0.796. The summed E-state index contributed by atoms with van der Waals surface area (Å²) in [5.41, 5.74) is -0.0452. The molecule has 0 amide bonds. The average Bonchev–Trinajstić information content (AvgIpc) is 2.79. The molecule has 1 aromatic rings. The summed E-state index contributed by atoms with van der Waals surface area (Å²) >= 11 is 0. The highest BCUT2D eigenvalue weighted by atomic mass is 16.4. The molecule has 2 unspecified atom stereocenters. The first kappa shape index (κ1) is 9.06. The van der Waals surface area contributed by atoms with E-state index in [4.69, 9.17) is 5.11 Å². The highest BCUT2D eigenvalue weighted by Gasteiger charge is 2.59. The molecule has 3 nitrogen and oxygen atoms in total. The number of phenols is 1. The first-order chi connectivity index (χ1) is 6.57. The van der Waals surface area contributed by atoms with Crippen LogP contribution < -0.4 is 0 Å². The molecule has 0 saturated heterocycles. The van der Waals surface area contributed by atoms with Gasteiger partial charge in [-0.25, -0.2) is 0 Å². The van der Waals surface area contributed by atoms with Crippen LogP contribution in [0.1, 0.15) is 18.9 Å². The van der Waals surface area contributed by atoms with Crippen molar-refractivity contribution in [3.8, 4) is 5.75 Å². The van der Waals surface area contributed by atoms with Crippen LogP contribution in [0.5, 0.6) is 5.75 Å². The van der Waals surface area contributed by atoms with E-state index in [1.165, 1.54) is 6.07 Å². The van der Waals surface area contributed by atoms with E-state index in [0.29, 0.717) is 12.0 Å². The van der Waals surface area contributed by atoms with Crippen LogP contribution in [0.4, 0.5) is 0 Å². The number of hydrogen-bond acceptors (Lipinski definition) is 2. The van der Waals surface area contributed by atoms with E-state index in [9.17, 15) is 9.90 Å². The third-order valence-corrected chi connectivity index (χ3v) is 3.05. The Kier molecular flexibility index (Phi) is 1.77. The van der Waals surface area contributed by atoms with Gasteiger partial charge < -0.3 is 10.2 Å². The third kappa shape index (κ3) is 1.09. The molecule has 1 saturated carbocycles. The Morgan fingerprint density at radius 2 is 2.21 bits per heavy atom. The zero-order chi connectivity index (χ0) is 10.3. The van der Waals surface area contributed by atoms with Gasteiger partial charge in [0.15, 0.2) is 0 Å². The maximum atomic E-state index is 11.1. The van der Waals surface area contributed by atoms with Crippen molar-refractivity contribution in [1.29, 1.82) is 0 Å². The number of carboxylic acid groups (broad SMARTS) is 1. The molecule has 2 atom stereocenters. The van der Waals surface area contributed by atoms with E-state index in [0.717, 1.165) is 0 Å². The Balaban J connectivity index is 2.44. The average molecular weight is 192 g/mol. The summed E-state index contributed by atoms with van der Waals surface area (Å²) in [5.74, 6) is -0.514. The van der Waals surface area contributed by atoms with Gasteiger partial charge in [-0.15, -0.1) is 0 Å². The van der Waals surface area contributed by atoms with Crippen LogP contribution in [-0.4, -0.2) is 16.2 Å². The number of carboxylic acids is 1. The van der Waals surface area contributed by atoms with Crippen molar-refractivity contribution in [2.24, 2.45) is 5.92 Å². The molecule has 14 heavy (non-hydrogen) atoms. The normalized spacial score (nSPS) is 29.9. The minimum absolute atomic E-state index is 0.127. The number of hydrogen-bond donors (Lipinski definition) is 2. The van der Waals surface area contributed by atoms with E-state index >= 15 is 0 Å². The fourth-order valence-corrected chi connectivity index (χ4v) is 2.03. The van der Waals surface area contributed by atoms with E-state index in [-0.39, 0.29) is 11.7 Å². The molecule has 1 aliphatic carbocycles. The van der Waals surface area contributed by atoms with Crippen molar-refractivity contribution >= 4 is 5.97 Å². The van der Waals surface area contributed by atoms with Gasteiger partial charge in [0.2, 0.25) is 0 Å². The van der Waals surface area contributed by atoms with Gasteiger partial charge in [-0.2, -0.15) is 0 Å². The van der Waals surface area contributed by atoms with Crippen molar-refractivity contribution in [2.45, 2.75) is 18.8 Å². The molecular weight excluding hydrogens is 180 g/mol.